The Balaban J connectivity index is 1.69. The van der Waals surface area contributed by atoms with E-state index in [1.165, 1.54) is 18.0 Å². The molecule has 0 spiro atoms. The second-order valence-corrected chi connectivity index (χ2v) is 3.86. The summed E-state index contributed by atoms with van der Waals surface area (Å²) in [6.07, 6.45) is 5.31. The molecule has 0 unspecified atom stereocenters. The zero-order valence-corrected chi connectivity index (χ0v) is 7.84. The molecule has 0 saturated heterocycles. The van der Waals surface area contributed by atoms with Crippen LogP contribution in [0.1, 0.15) is 12.8 Å². The third-order valence-corrected chi connectivity index (χ3v) is 2.53. The van der Waals surface area contributed by atoms with E-state index in [-0.39, 0.29) is 5.91 Å². The van der Waals surface area contributed by atoms with E-state index in [9.17, 15) is 4.79 Å². The fourth-order valence-electron chi connectivity index (χ4n) is 0.906. The SMILES string of the molecule is O=C(CSc1ncco1)NC1CC1. The number of hydrogen-bond acceptors (Lipinski definition) is 4. The first-order valence-corrected chi connectivity index (χ1v) is 5.15. The first-order valence-electron chi connectivity index (χ1n) is 4.16. The molecule has 13 heavy (non-hydrogen) atoms. The van der Waals surface area contributed by atoms with Gasteiger partial charge in [0.1, 0.15) is 6.26 Å². The second kappa shape index (κ2) is 3.83. The van der Waals surface area contributed by atoms with Gasteiger partial charge in [-0.15, -0.1) is 0 Å². The summed E-state index contributed by atoms with van der Waals surface area (Å²) in [7, 11) is 0. The first kappa shape index (κ1) is 8.62. The number of carbonyl (C=O) groups excluding carboxylic acids is 1. The molecule has 1 N–H and O–H groups in total. The van der Waals surface area contributed by atoms with Gasteiger partial charge < -0.3 is 9.73 Å². The maximum absolute atomic E-state index is 11.2. The Kier molecular flexibility index (Phi) is 2.54. The van der Waals surface area contributed by atoms with Crippen LogP contribution in [-0.2, 0) is 4.79 Å². The Morgan fingerprint density at radius 2 is 2.62 bits per heavy atom. The lowest BCUT2D eigenvalue weighted by Gasteiger charge is -1.99. The van der Waals surface area contributed by atoms with Crippen LogP contribution in [0.15, 0.2) is 22.1 Å². The molecule has 0 aromatic carbocycles. The van der Waals surface area contributed by atoms with Crippen LogP contribution >= 0.6 is 11.8 Å². The minimum atomic E-state index is 0.0608. The van der Waals surface area contributed by atoms with Gasteiger partial charge >= 0.3 is 0 Å². The van der Waals surface area contributed by atoms with E-state index < -0.39 is 0 Å². The van der Waals surface area contributed by atoms with Crippen molar-refractivity contribution in [2.45, 2.75) is 24.1 Å². The molecule has 2 rings (SSSR count). The zero-order chi connectivity index (χ0) is 9.10. The minimum absolute atomic E-state index is 0.0608. The average Bonchev–Trinajstić information content (AvgIpc) is 2.78. The van der Waals surface area contributed by atoms with Crippen molar-refractivity contribution in [3.63, 3.8) is 0 Å². The molecule has 1 aromatic rings. The van der Waals surface area contributed by atoms with Crippen LogP contribution in [0.25, 0.3) is 0 Å². The molecule has 1 fully saturated rings. The Morgan fingerprint density at radius 3 is 3.23 bits per heavy atom. The van der Waals surface area contributed by atoms with Crippen LogP contribution in [0.5, 0.6) is 0 Å². The lowest BCUT2D eigenvalue weighted by molar-refractivity contribution is -0.118. The van der Waals surface area contributed by atoms with Gasteiger partial charge in [-0.3, -0.25) is 4.79 Å². The predicted octanol–water partition coefficient (Wildman–Crippen LogP) is 1.05. The summed E-state index contributed by atoms with van der Waals surface area (Å²) < 4.78 is 4.98. The number of oxazole rings is 1. The summed E-state index contributed by atoms with van der Waals surface area (Å²) >= 11 is 1.32. The number of nitrogens with one attached hydrogen (secondary N) is 1. The van der Waals surface area contributed by atoms with Crippen LogP contribution in [0.2, 0.25) is 0 Å². The Bertz CT molecular complexity index is 282. The molecule has 1 heterocycles. The smallest absolute Gasteiger partial charge is 0.256 e. The maximum Gasteiger partial charge on any atom is 0.256 e. The first-order chi connectivity index (χ1) is 6.34. The number of carbonyl (C=O) groups is 1. The van der Waals surface area contributed by atoms with Crippen molar-refractivity contribution < 1.29 is 9.21 Å². The second-order valence-electron chi connectivity index (χ2n) is 2.93. The van der Waals surface area contributed by atoms with Crippen LogP contribution in [-0.4, -0.2) is 22.7 Å². The van der Waals surface area contributed by atoms with Gasteiger partial charge in [0, 0.05) is 6.04 Å². The molecule has 5 heteroatoms. The standard InChI is InChI=1S/C8H10N2O2S/c11-7(10-6-1-2-6)5-13-8-9-3-4-12-8/h3-4,6H,1-2,5H2,(H,10,11). The van der Waals surface area contributed by atoms with Crippen molar-refractivity contribution in [2.75, 3.05) is 5.75 Å². The summed E-state index contributed by atoms with van der Waals surface area (Å²) in [5, 5.41) is 3.43. The lowest BCUT2D eigenvalue weighted by Crippen LogP contribution is -2.26. The van der Waals surface area contributed by atoms with Crippen molar-refractivity contribution in [1.82, 2.24) is 10.3 Å². The van der Waals surface area contributed by atoms with E-state index in [2.05, 4.69) is 10.3 Å². The van der Waals surface area contributed by atoms with Crippen LogP contribution in [0.3, 0.4) is 0 Å². The predicted molar refractivity (Wildman–Crippen MR) is 48.4 cm³/mol. The third kappa shape index (κ3) is 2.77. The number of hydrogen-bond donors (Lipinski definition) is 1. The van der Waals surface area contributed by atoms with E-state index in [1.807, 2.05) is 0 Å². The normalized spacial score (nSPS) is 15.7. The molecule has 0 radical (unpaired) electrons. The summed E-state index contributed by atoms with van der Waals surface area (Å²) in [5.41, 5.74) is 0. The van der Waals surface area contributed by atoms with Gasteiger partial charge in [0.25, 0.3) is 5.22 Å². The van der Waals surface area contributed by atoms with Crippen molar-refractivity contribution in [3.05, 3.63) is 12.5 Å². The van der Waals surface area contributed by atoms with Gasteiger partial charge in [0.15, 0.2) is 0 Å². The monoisotopic (exact) mass is 198 g/mol. The van der Waals surface area contributed by atoms with E-state index >= 15 is 0 Å². The van der Waals surface area contributed by atoms with Crippen molar-refractivity contribution in [3.8, 4) is 0 Å². The molecule has 4 nitrogen and oxygen atoms in total. The van der Waals surface area contributed by atoms with Crippen LogP contribution in [0.4, 0.5) is 0 Å². The molecule has 1 saturated carbocycles. The van der Waals surface area contributed by atoms with Gasteiger partial charge in [-0.1, -0.05) is 11.8 Å². The highest BCUT2D eigenvalue weighted by molar-refractivity contribution is 7.99. The summed E-state index contributed by atoms with van der Waals surface area (Å²) in [4.78, 5) is 15.1. The largest absolute Gasteiger partial charge is 0.440 e. The highest BCUT2D eigenvalue weighted by Gasteiger charge is 2.23. The van der Waals surface area contributed by atoms with Crippen LogP contribution in [0, 0.1) is 0 Å². The summed E-state index contributed by atoms with van der Waals surface area (Å²) in [6.45, 7) is 0. The minimum Gasteiger partial charge on any atom is -0.440 e. The number of rotatable bonds is 4. The molecule has 70 valence electrons. The van der Waals surface area contributed by atoms with Crippen molar-refractivity contribution in [2.24, 2.45) is 0 Å². The molecule has 1 aliphatic carbocycles. The van der Waals surface area contributed by atoms with Gasteiger partial charge in [-0.2, -0.15) is 0 Å². The van der Waals surface area contributed by atoms with E-state index in [0.717, 1.165) is 12.8 Å². The molecule has 0 atom stereocenters. The number of aromatic nitrogens is 1. The zero-order valence-electron chi connectivity index (χ0n) is 7.03. The molecule has 1 aliphatic rings. The molecule has 0 bridgehead atoms. The van der Waals surface area contributed by atoms with E-state index in [0.29, 0.717) is 17.0 Å². The maximum atomic E-state index is 11.2. The van der Waals surface area contributed by atoms with Crippen molar-refractivity contribution in [1.29, 1.82) is 0 Å². The molecule has 1 amide bonds. The number of thioether (sulfide) groups is 1. The van der Waals surface area contributed by atoms with Gasteiger partial charge in [-0.25, -0.2) is 4.98 Å². The van der Waals surface area contributed by atoms with Gasteiger partial charge in [0.05, 0.1) is 11.9 Å². The molecule has 0 aliphatic heterocycles. The Morgan fingerprint density at radius 1 is 1.77 bits per heavy atom. The highest BCUT2D eigenvalue weighted by atomic mass is 32.2. The molecule has 1 aromatic heterocycles. The third-order valence-electron chi connectivity index (χ3n) is 1.68. The number of amides is 1. The highest BCUT2D eigenvalue weighted by Crippen LogP contribution is 2.19. The van der Waals surface area contributed by atoms with E-state index in [4.69, 9.17) is 4.42 Å². The fraction of sp³-hybridized carbons (Fsp3) is 0.500. The number of nitrogens with zero attached hydrogens (tertiary/aromatic N) is 1. The van der Waals surface area contributed by atoms with E-state index in [1.54, 1.807) is 6.20 Å². The van der Waals surface area contributed by atoms with Gasteiger partial charge in [0.2, 0.25) is 5.91 Å². The lowest BCUT2D eigenvalue weighted by atomic mass is 10.6. The molecular formula is C8H10N2O2S. The quantitative estimate of drug-likeness (QED) is 0.734. The Hall–Kier alpha value is -0.970. The topological polar surface area (TPSA) is 55.1 Å². The molecular weight excluding hydrogens is 188 g/mol. The fourth-order valence-corrected chi connectivity index (χ4v) is 1.50. The summed E-state index contributed by atoms with van der Waals surface area (Å²) in [5.74, 6) is 0.447. The van der Waals surface area contributed by atoms with Gasteiger partial charge in [-0.05, 0) is 12.8 Å². The Labute approximate surface area is 80.1 Å². The average molecular weight is 198 g/mol. The summed E-state index contributed by atoms with van der Waals surface area (Å²) in [6, 6.07) is 0.428. The van der Waals surface area contributed by atoms with Crippen LogP contribution < -0.4 is 5.32 Å². The van der Waals surface area contributed by atoms with Crippen molar-refractivity contribution >= 4 is 17.7 Å².